The Balaban J connectivity index is 2.54. The van der Waals surface area contributed by atoms with Gasteiger partial charge >= 0.3 is 0 Å². The molecule has 0 heterocycles. The van der Waals surface area contributed by atoms with Gasteiger partial charge in [-0.1, -0.05) is 23.8 Å². The van der Waals surface area contributed by atoms with E-state index in [1.165, 1.54) is 11.1 Å². The number of hydrogen-bond donors (Lipinski definition) is 1. The minimum Gasteiger partial charge on any atom is -0.497 e. The van der Waals surface area contributed by atoms with Gasteiger partial charge in [-0.05, 0) is 51.1 Å². The highest BCUT2D eigenvalue weighted by Gasteiger charge is 1.97. The topological polar surface area (TPSA) is 21.3 Å². The molecule has 0 bridgehead atoms. The van der Waals surface area contributed by atoms with Gasteiger partial charge in [-0.25, -0.2) is 0 Å². The zero-order valence-corrected chi connectivity index (χ0v) is 10.4. The summed E-state index contributed by atoms with van der Waals surface area (Å²) in [7, 11) is 3.68. The Bertz CT molecular complexity index is 344. The molecule has 0 atom stereocenters. The van der Waals surface area contributed by atoms with Crippen LogP contribution in [0.15, 0.2) is 35.9 Å². The average Bonchev–Trinajstić information content (AvgIpc) is 2.29. The Morgan fingerprint density at radius 2 is 2.25 bits per heavy atom. The van der Waals surface area contributed by atoms with Gasteiger partial charge in [0.25, 0.3) is 0 Å². The first-order chi connectivity index (χ1) is 7.76. The van der Waals surface area contributed by atoms with Crippen LogP contribution in [0.5, 0.6) is 5.75 Å². The molecule has 1 N–H and O–H groups in total. The molecule has 2 heteroatoms. The summed E-state index contributed by atoms with van der Waals surface area (Å²) in [5.41, 5.74) is 2.71. The van der Waals surface area contributed by atoms with Crippen molar-refractivity contribution in [2.75, 3.05) is 20.7 Å². The van der Waals surface area contributed by atoms with Gasteiger partial charge < -0.3 is 10.1 Å². The molecule has 16 heavy (non-hydrogen) atoms. The van der Waals surface area contributed by atoms with E-state index >= 15 is 0 Å². The Hall–Kier alpha value is -1.28. The van der Waals surface area contributed by atoms with E-state index in [4.69, 9.17) is 4.74 Å². The second kappa shape index (κ2) is 7.07. The predicted octanol–water partition coefficient (Wildman–Crippen LogP) is 2.79. The van der Waals surface area contributed by atoms with Gasteiger partial charge in [0, 0.05) is 0 Å². The molecule has 0 amide bonds. The van der Waals surface area contributed by atoms with Crippen LogP contribution < -0.4 is 10.1 Å². The van der Waals surface area contributed by atoms with Crippen LogP contribution in [0.25, 0.3) is 0 Å². The number of nitrogens with one attached hydrogen (secondary N) is 1. The number of ether oxygens (including phenoxy) is 1. The molecule has 1 aromatic carbocycles. The van der Waals surface area contributed by atoms with Gasteiger partial charge in [-0.3, -0.25) is 0 Å². The lowest BCUT2D eigenvalue weighted by Gasteiger charge is -2.05. The Morgan fingerprint density at radius 3 is 2.94 bits per heavy atom. The molecule has 2 nitrogen and oxygen atoms in total. The predicted molar refractivity (Wildman–Crippen MR) is 69.0 cm³/mol. The van der Waals surface area contributed by atoms with Crippen molar-refractivity contribution in [3.05, 3.63) is 41.5 Å². The molecule has 0 radical (unpaired) electrons. The van der Waals surface area contributed by atoms with Crippen LogP contribution in [0, 0.1) is 0 Å². The van der Waals surface area contributed by atoms with Gasteiger partial charge in [0.05, 0.1) is 7.11 Å². The van der Waals surface area contributed by atoms with Crippen molar-refractivity contribution in [2.24, 2.45) is 0 Å². The van der Waals surface area contributed by atoms with Crippen LogP contribution >= 0.6 is 0 Å². The van der Waals surface area contributed by atoms with Crippen molar-refractivity contribution in [1.82, 2.24) is 5.32 Å². The van der Waals surface area contributed by atoms with Crippen molar-refractivity contribution < 1.29 is 4.74 Å². The molecular weight excluding hydrogens is 198 g/mol. The lowest BCUT2D eigenvalue weighted by Crippen LogP contribution is -2.06. The maximum Gasteiger partial charge on any atom is 0.119 e. The fraction of sp³-hybridized carbons (Fsp3) is 0.429. The molecule has 88 valence electrons. The molecule has 0 saturated carbocycles. The minimum atomic E-state index is 0.931. The molecule has 0 aliphatic rings. The zero-order chi connectivity index (χ0) is 11.8. The second-order valence-electron chi connectivity index (χ2n) is 3.97. The fourth-order valence-electron chi connectivity index (χ4n) is 1.64. The maximum atomic E-state index is 5.21. The molecule has 0 aliphatic heterocycles. The maximum absolute atomic E-state index is 5.21. The van der Waals surface area contributed by atoms with E-state index in [1.807, 2.05) is 19.2 Å². The van der Waals surface area contributed by atoms with E-state index < -0.39 is 0 Å². The first kappa shape index (κ1) is 12.8. The van der Waals surface area contributed by atoms with Crippen LogP contribution in [0.4, 0.5) is 0 Å². The molecule has 0 saturated heterocycles. The summed E-state index contributed by atoms with van der Waals surface area (Å²) < 4.78 is 5.21. The zero-order valence-electron chi connectivity index (χ0n) is 10.4. The Kier molecular flexibility index (Phi) is 5.65. The largest absolute Gasteiger partial charge is 0.497 e. The smallest absolute Gasteiger partial charge is 0.119 e. The van der Waals surface area contributed by atoms with Crippen molar-refractivity contribution >= 4 is 0 Å². The minimum absolute atomic E-state index is 0.931. The molecule has 0 fully saturated rings. The Labute approximate surface area is 98.3 Å². The van der Waals surface area contributed by atoms with Crippen LogP contribution in [-0.4, -0.2) is 20.7 Å². The summed E-state index contributed by atoms with van der Waals surface area (Å²) in [5.74, 6) is 0.931. The van der Waals surface area contributed by atoms with Gasteiger partial charge in [0.1, 0.15) is 5.75 Å². The third-order valence-electron chi connectivity index (χ3n) is 2.50. The highest BCUT2D eigenvalue weighted by molar-refractivity contribution is 5.30. The lowest BCUT2D eigenvalue weighted by molar-refractivity contribution is 0.414. The van der Waals surface area contributed by atoms with E-state index in [0.29, 0.717) is 0 Å². The summed E-state index contributed by atoms with van der Waals surface area (Å²) in [6, 6.07) is 8.24. The average molecular weight is 219 g/mol. The van der Waals surface area contributed by atoms with Crippen molar-refractivity contribution in [3.63, 3.8) is 0 Å². The summed E-state index contributed by atoms with van der Waals surface area (Å²) >= 11 is 0. The van der Waals surface area contributed by atoms with Gasteiger partial charge in [0.2, 0.25) is 0 Å². The highest BCUT2D eigenvalue weighted by Crippen LogP contribution is 2.15. The summed E-state index contributed by atoms with van der Waals surface area (Å²) in [4.78, 5) is 0. The second-order valence-corrected chi connectivity index (χ2v) is 3.97. The van der Waals surface area contributed by atoms with Crippen LogP contribution in [0.3, 0.4) is 0 Å². The van der Waals surface area contributed by atoms with Gasteiger partial charge in [-0.15, -0.1) is 0 Å². The molecule has 1 rings (SSSR count). The first-order valence-electron chi connectivity index (χ1n) is 5.69. The van der Waals surface area contributed by atoms with Crippen molar-refractivity contribution in [1.29, 1.82) is 0 Å². The molecule has 1 aromatic rings. The van der Waals surface area contributed by atoms with Gasteiger partial charge in [0.15, 0.2) is 0 Å². The number of hydrogen-bond acceptors (Lipinski definition) is 2. The van der Waals surface area contributed by atoms with Crippen molar-refractivity contribution in [2.45, 2.75) is 19.8 Å². The molecule has 0 spiro atoms. The lowest BCUT2D eigenvalue weighted by atomic mass is 10.1. The molecule has 0 aliphatic carbocycles. The number of rotatable bonds is 6. The highest BCUT2D eigenvalue weighted by atomic mass is 16.5. The number of methoxy groups -OCH3 is 1. The third-order valence-corrected chi connectivity index (χ3v) is 2.50. The van der Waals surface area contributed by atoms with E-state index in [0.717, 1.165) is 25.1 Å². The van der Waals surface area contributed by atoms with Crippen LogP contribution in [-0.2, 0) is 6.42 Å². The molecule has 0 aromatic heterocycles. The summed E-state index contributed by atoms with van der Waals surface area (Å²) in [6.07, 6.45) is 4.38. The Morgan fingerprint density at radius 1 is 1.44 bits per heavy atom. The number of benzene rings is 1. The SMILES string of the molecule is CNCCC=C(C)Cc1cccc(OC)c1. The third kappa shape index (κ3) is 4.49. The van der Waals surface area contributed by atoms with Crippen LogP contribution in [0.2, 0.25) is 0 Å². The fourth-order valence-corrected chi connectivity index (χ4v) is 1.64. The standard InChI is InChI=1S/C14H21NO/c1-12(6-5-9-15-2)10-13-7-4-8-14(11-13)16-3/h4,6-8,11,15H,5,9-10H2,1-3H3. The normalized spacial score (nSPS) is 11.6. The first-order valence-corrected chi connectivity index (χ1v) is 5.69. The van der Waals surface area contributed by atoms with E-state index in [9.17, 15) is 0 Å². The number of allylic oxidation sites excluding steroid dienone is 1. The van der Waals surface area contributed by atoms with Crippen LogP contribution in [0.1, 0.15) is 18.9 Å². The van der Waals surface area contributed by atoms with E-state index in [-0.39, 0.29) is 0 Å². The monoisotopic (exact) mass is 219 g/mol. The molecule has 0 unspecified atom stereocenters. The summed E-state index contributed by atoms with van der Waals surface area (Å²) in [6.45, 7) is 3.21. The molecular formula is C14H21NO. The van der Waals surface area contributed by atoms with E-state index in [1.54, 1.807) is 7.11 Å². The summed E-state index contributed by atoms with van der Waals surface area (Å²) in [5, 5.41) is 3.14. The van der Waals surface area contributed by atoms with Crippen molar-refractivity contribution in [3.8, 4) is 5.75 Å². The van der Waals surface area contributed by atoms with E-state index in [2.05, 4.69) is 30.4 Å². The quantitative estimate of drug-likeness (QED) is 0.587. The van der Waals surface area contributed by atoms with Gasteiger partial charge in [-0.2, -0.15) is 0 Å².